The van der Waals surface area contributed by atoms with Gasteiger partial charge in [0.1, 0.15) is 0 Å². The van der Waals surface area contributed by atoms with Crippen molar-refractivity contribution < 1.29 is 9.59 Å². The van der Waals surface area contributed by atoms with Crippen LogP contribution in [0.25, 0.3) is 0 Å². The molecule has 1 N–H and O–H groups in total. The maximum absolute atomic E-state index is 11.3. The molecule has 0 radical (unpaired) electrons. The molecule has 0 aliphatic carbocycles. The van der Waals surface area contributed by atoms with Crippen LogP contribution < -0.4 is 5.32 Å². The number of nitrogens with zero attached hydrogens (tertiary/aromatic N) is 2. The summed E-state index contributed by atoms with van der Waals surface area (Å²) in [7, 11) is 5.39. The summed E-state index contributed by atoms with van der Waals surface area (Å²) in [6.07, 6.45) is 2.97. The van der Waals surface area contributed by atoms with Crippen LogP contribution in [-0.2, 0) is 9.59 Å². The summed E-state index contributed by atoms with van der Waals surface area (Å²) < 4.78 is 0. The molecule has 0 saturated carbocycles. The summed E-state index contributed by atoms with van der Waals surface area (Å²) in [6, 6.07) is 0.382. The molecular formula is C12H23N3O2. The number of amides is 2. The van der Waals surface area contributed by atoms with Crippen molar-refractivity contribution in [3.63, 3.8) is 0 Å². The zero-order valence-corrected chi connectivity index (χ0v) is 11.0. The number of likely N-dealkylation sites (tertiary alicyclic amines) is 1. The summed E-state index contributed by atoms with van der Waals surface area (Å²) >= 11 is 0. The minimum atomic E-state index is 0.169. The van der Waals surface area contributed by atoms with E-state index in [2.05, 4.69) is 5.32 Å². The van der Waals surface area contributed by atoms with Gasteiger partial charge in [0.2, 0.25) is 11.8 Å². The molecule has 98 valence electrons. The average Bonchev–Trinajstić information content (AvgIpc) is 2.28. The van der Waals surface area contributed by atoms with E-state index in [1.807, 2.05) is 7.05 Å². The smallest absolute Gasteiger partial charge is 0.222 e. The molecule has 1 atom stereocenters. The summed E-state index contributed by atoms with van der Waals surface area (Å²) in [4.78, 5) is 26.0. The van der Waals surface area contributed by atoms with Crippen molar-refractivity contribution in [3.8, 4) is 0 Å². The van der Waals surface area contributed by atoms with Crippen molar-refractivity contribution in [2.75, 3.05) is 34.2 Å². The van der Waals surface area contributed by atoms with Gasteiger partial charge in [0.25, 0.3) is 0 Å². The SMILES string of the molecule is CN(C)C(=O)CCCNC1CCC(=O)N(C)C1. The first-order valence-corrected chi connectivity index (χ1v) is 6.18. The van der Waals surface area contributed by atoms with Gasteiger partial charge < -0.3 is 15.1 Å². The van der Waals surface area contributed by atoms with Gasteiger partial charge in [0.05, 0.1) is 0 Å². The molecule has 1 rings (SSSR count). The van der Waals surface area contributed by atoms with Gasteiger partial charge in [-0.25, -0.2) is 0 Å². The Morgan fingerprint density at radius 1 is 1.53 bits per heavy atom. The predicted octanol–water partition coefficient (Wildman–Crippen LogP) is 0.0652. The molecule has 2 amide bonds. The monoisotopic (exact) mass is 241 g/mol. The van der Waals surface area contributed by atoms with Crippen LogP contribution in [-0.4, -0.2) is 61.9 Å². The lowest BCUT2D eigenvalue weighted by Crippen LogP contribution is -2.46. The van der Waals surface area contributed by atoms with Crippen LogP contribution in [0.3, 0.4) is 0 Å². The predicted molar refractivity (Wildman–Crippen MR) is 66.6 cm³/mol. The first-order chi connectivity index (χ1) is 8.00. The molecule has 5 heteroatoms. The molecule has 1 heterocycles. The Kier molecular flexibility index (Phi) is 5.41. The Bertz CT molecular complexity index is 279. The van der Waals surface area contributed by atoms with E-state index in [9.17, 15) is 9.59 Å². The second-order valence-electron chi connectivity index (χ2n) is 4.86. The highest BCUT2D eigenvalue weighted by atomic mass is 16.2. The van der Waals surface area contributed by atoms with Gasteiger partial charge in [-0.15, -0.1) is 0 Å². The van der Waals surface area contributed by atoms with Crippen LogP contribution in [0, 0.1) is 0 Å². The van der Waals surface area contributed by atoms with E-state index in [1.165, 1.54) is 0 Å². The largest absolute Gasteiger partial charge is 0.349 e. The van der Waals surface area contributed by atoms with Crippen molar-refractivity contribution >= 4 is 11.8 Å². The lowest BCUT2D eigenvalue weighted by Gasteiger charge is -2.30. The summed E-state index contributed by atoms with van der Waals surface area (Å²) in [5.74, 6) is 0.397. The molecule has 17 heavy (non-hydrogen) atoms. The Balaban J connectivity index is 2.11. The van der Waals surface area contributed by atoms with Crippen LogP contribution in [0.15, 0.2) is 0 Å². The Morgan fingerprint density at radius 3 is 2.82 bits per heavy atom. The van der Waals surface area contributed by atoms with E-state index in [-0.39, 0.29) is 11.8 Å². The highest BCUT2D eigenvalue weighted by molar-refractivity contribution is 5.76. The third-order valence-electron chi connectivity index (χ3n) is 3.13. The zero-order valence-electron chi connectivity index (χ0n) is 11.0. The maximum atomic E-state index is 11.3. The number of likely N-dealkylation sites (N-methyl/N-ethyl adjacent to an activating group) is 1. The molecule has 0 bridgehead atoms. The van der Waals surface area contributed by atoms with Gasteiger partial charge in [-0.05, 0) is 19.4 Å². The Morgan fingerprint density at radius 2 is 2.24 bits per heavy atom. The van der Waals surface area contributed by atoms with E-state index < -0.39 is 0 Å². The maximum Gasteiger partial charge on any atom is 0.222 e. The van der Waals surface area contributed by atoms with Crippen LogP contribution in [0.5, 0.6) is 0 Å². The molecular weight excluding hydrogens is 218 g/mol. The summed E-state index contributed by atoms with van der Waals surface area (Å²) in [5.41, 5.74) is 0. The van der Waals surface area contributed by atoms with Crippen molar-refractivity contribution in [3.05, 3.63) is 0 Å². The fourth-order valence-electron chi connectivity index (χ4n) is 1.95. The number of nitrogens with one attached hydrogen (secondary N) is 1. The van der Waals surface area contributed by atoms with E-state index in [0.717, 1.165) is 25.9 Å². The third kappa shape index (κ3) is 4.73. The van der Waals surface area contributed by atoms with Crippen LogP contribution >= 0.6 is 0 Å². The minimum Gasteiger partial charge on any atom is -0.349 e. The number of carbonyl (C=O) groups excluding carboxylic acids is 2. The third-order valence-corrected chi connectivity index (χ3v) is 3.13. The number of hydrogen-bond acceptors (Lipinski definition) is 3. The molecule has 1 aliphatic rings. The van der Waals surface area contributed by atoms with Gasteiger partial charge in [-0.1, -0.05) is 0 Å². The summed E-state index contributed by atoms with van der Waals surface area (Å²) in [6.45, 7) is 1.62. The molecule has 0 aromatic rings. The average molecular weight is 241 g/mol. The number of piperidine rings is 1. The van der Waals surface area contributed by atoms with Crippen molar-refractivity contribution in [1.82, 2.24) is 15.1 Å². The molecule has 1 aliphatic heterocycles. The second kappa shape index (κ2) is 6.59. The molecule has 1 fully saturated rings. The molecule has 0 aromatic carbocycles. The Hall–Kier alpha value is -1.10. The highest BCUT2D eigenvalue weighted by Crippen LogP contribution is 2.09. The molecule has 1 unspecified atom stereocenters. The quantitative estimate of drug-likeness (QED) is 0.693. The molecule has 0 aromatic heterocycles. The molecule has 1 saturated heterocycles. The Labute approximate surface area is 103 Å². The first-order valence-electron chi connectivity index (χ1n) is 6.18. The van der Waals surface area contributed by atoms with Gasteiger partial charge in [0.15, 0.2) is 0 Å². The van der Waals surface area contributed by atoms with Crippen LogP contribution in [0.2, 0.25) is 0 Å². The van der Waals surface area contributed by atoms with Crippen LogP contribution in [0.4, 0.5) is 0 Å². The van der Waals surface area contributed by atoms with Gasteiger partial charge >= 0.3 is 0 Å². The standard InChI is InChI=1S/C12H23N3O2/c1-14(2)11(16)5-4-8-13-10-6-7-12(17)15(3)9-10/h10,13H,4-9H2,1-3H3. The molecule has 5 nitrogen and oxygen atoms in total. The van der Waals surface area contributed by atoms with E-state index >= 15 is 0 Å². The van der Waals surface area contributed by atoms with Gasteiger partial charge in [-0.3, -0.25) is 9.59 Å². The summed E-state index contributed by atoms with van der Waals surface area (Å²) in [5, 5.41) is 3.40. The normalized spacial score (nSPS) is 20.5. The lowest BCUT2D eigenvalue weighted by molar-refractivity contribution is -0.132. The fourth-order valence-corrected chi connectivity index (χ4v) is 1.95. The van der Waals surface area contributed by atoms with Gasteiger partial charge in [-0.2, -0.15) is 0 Å². The highest BCUT2D eigenvalue weighted by Gasteiger charge is 2.21. The number of rotatable bonds is 5. The number of hydrogen-bond donors (Lipinski definition) is 1. The zero-order chi connectivity index (χ0) is 12.8. The first kappa shape index (κ1) is 14.0. The molecule has 0 spiro atoms. The second-order valence-corrected chi connectivity index (χ2v) is 4.86. The lowest BCUT2D eigenvalue weighted by atomic mass is 10.1. The topological polar surface area (TPSA) is 52.7 Å². The van der Waals surface area contributed by atoms with Gasteiger partial charge in [0, 0.05) is 46.6 Å². The van der Waals surface area contributed by atoms with Crippen molar-refractivity contribution in [2.24, 2.45) is 0 Å². The van der Waals surface area contributed by atoms with E-state index in [1.54, 1.807) is 23.9 Å². The van der Waals surface area contributed by atoms with Crippen molar-refractivity contribution in [2.45, 2.75) is 31.7 Å². The minimum absolute atomic E-state index is 0.169. The fraction of sp³-hybridized carbons (Fsp3) is 0.833. The van der Waals surface area contributed by atoms with E-state index in [4.69, 9.17) is 0 Å². The number of carbonyl (C=O) groups is 2. The van der Waals surface area contributed by atoms with E-state index in [0.29, 0.717) is 18.9 Å². The van der Waals surface area contributed by atoms with Crippen molar-refractivity contribution in [1.29, 1.82) is 0 Å². The van der Waals surface area contributed by atoms with Crippen LogP contribution in [0.1, 0.15) is 25.7 Å².